The van der Waals surface area contributed by atoms with Gasteiger partial charge in [0.05, 0.1) is 18.9 Å². The Morgan fingerprint density at radius 1 is 1.25 bits per heavy atom. The SMILES string of the molecule is CN(C)c1ncc2c(n1)C1(CCN(C3CCCOC3)CC1)OCC2. The first-order valence-electron chi connectivity index (χ1n) is 9.17. The highest BCUT2D eigenvalue weighted by atomic mass is 16.5. The van der Waals surface area contributed by atoms with Crippen molar-refractivity contribution in [2.75, 3.05) is 51.9 Å². The maximum absolute atomic E-state index is 6.34. The molecule has 0 radical (unpaired) electrons. The first kappa shape index (κ1) is 16.2. The summed E-state index contributed by atoms with van der Waals surface area (Å²) in [6.45, 7) is 4.72. The van der Waals surface area contributed by atoms with Gasteiger partial charge in [0.2, 0.25) is 5.95 Å². The van der Waals surface area contributed by atoms with Gasteiger partial charge in [0, 0.05) is 46.0 Å². The Kier molecular flexibility index (Phi) is 4.45. The number of likely N-dealkylation sites (tertiary alicyclic amines) is 1. The molecule has 1 spiro atoms. The normalized spacial score (nSPS) is 27.0. The van der Waals surface area contributed by atoms with E-state index in [1.54, 1.807) is 0 Å². The molecule has 1 unspecified atom stereocenters. The van der Waals surface area contributed by atoms with E-state index in [1.807, 2.05) is 25.2 Å². The van der Waals surface area contributed by atoms with E-state index in [0.717, 1.165) is 63.8 Å². The molecule has 2 saturated heterocycles. The van der Waals surface area contributed by atoms with Gasteiger partial charge in [0.1, 0.15) is 5.60 Å². The smallest absolute Gasteiger partial charge is 0.225 e. The highest BCUT2D eigenvalue weighted by Gasteiger charge is 2.43. The molecule has 3 aliphatic heterocycles. The molecular weight excluding hydrogens is 304 g/mol. The number of anilines is 1. The van der Waals surface area contributed by atoms with Gasteiger partial charge in [0.25, 0.3) is 0 Å². The topological polar surface area (TPSA) is 50.7 Å². The van der Waals surface area contributed by atoms with Gasteiger partial charge >= 0.3 is 0 Å². The standard InChI is InChI=1S/C18H28N4O2/c1-21(2)17-19-12-14-5-11-24-18(16(14)20-17)6-8-22(9-7-18)15-4-3-10-23-13-15/h12,15H,3-11,13H2,1-2H3. The lowest BCUT2D eigenvalue weighted by Gasteiger charge is -2.46. The molecule has 1 atom stereocenters. The van der Waals surface area contributed by atoms with Gasteiger partial charge < -0.3 is 14.4 Å². The van der Waals surface area contributed by atoms with Crippen molar-refractivity contribution in [1.82, 2.24) is 14.9 Å². The molecule has 1 aromatic heterocycles. The van der Waals surface area contributed by atoms with Gasteiger partial charge in [-0.2, -0.15) is 0 Å². The molecule has 6 heteroatoms. The largest absolute Gasteiger partial charge is 0.380 e. The third-order valence-electron chi connectivity index (χ3n) is 5.69. The summed E-state index contributed by atoms with van der Waals surface area (Å²) in [5.74, 6) is 0.779. The number of piperidine rings is 1. The molecule has 24 heavy (non-hydrogen) atoms. The summed E-state index contributed by atoms with van der Waals surface area (Å²) in [5, 5.41) is 0. The van der Waals surface area contributed by atoms with Crippen LogP contribution in [0, 0.1) is 0 Å². The molecule has 1 aromatic rings. The number of ether oxygens (including phenoxy) is 2. The summed E-state index contributed by atoms with van der Waals surface area (Å²) < 4.78 is 12.0. The third-order valence-corrected chi connectivity index (χ3v) is 5.69. The lowest BCUT2D eigenvalue weighted by molar-refractivity contribution is -0.112. The van der Waals surface area contributed by atoms with Crippen LogP contribution in [0.3, 0.4) is 0 Å². The second-order valence-electron chi connectivity index (χ2n) is 7.44. The van der Waals surface area contributed by atoms with Crippen molar-refractivity contribution >= 4 is 5.95 Å². The van der Waals surface area contributed by atoms with Gasteiger partial charge in [-0.1, -0.05) is 0 Å². The maximum atomic E-state index is 6.34. The Bertz CT molecular complexity index is 578. The van der Waals surface area contributed by atoms with Crippen molar-refractivity contribution < 1.29 is 9.47 Å². The average molecular weight is 332 g/mol. The van der Waals surface area contributed by atoms with Crippen molar-refractivity contribution in [1.29, 1.82) is 0 Å². The van der Waals surface area contributed by atoms with Crippen molar-refractivity contribution in [2.24, 2.45) is 0 Å². The summed E-state index contributed by atoms with van der Waals surface area (Å²) in [7, 11) is 3.98. The van der Waals surface area contributed by atoms with E-state index in [-0.39, 0.29) is 5.60 Å². The van der Waals surface area contributed by atoms with E-state index >= 15 is 0 Å². The van der Waals surface area contributed by atoms with E-state index in [9.17, 15) is 0 Å². The van der Waals surface area contributed by atoms with Crippen LogP contribution < -0.4 is 4.90 Å². The summed E-state index contributed by atoms with van der Waals surface area (Å²) in [6.07, 6.45) is 7.40. The van der Waals surface area contributed by atoms with Gasteiger partial charge in [-0.3, -0.25) is 4.90 Å². The van der Waals surface area contributed by atoms with Crippen LogP contribution in [-0.2, 0) is 21.5 Å². The molecule has 2 fully saturated rings. The minimum Gasteiger partial charge on any atom is -0.380 e. The molecule has 0 N–H and O–H groups in total. The van der Waals surface area contributed by atoms with E-state index in [2.05, 4.69) is 9.88 Å². The number of aromatic nitrogens is 2. The van der Waals surface area contributed by atoms with Crippen LogP contribution in [0.25, 0.3) is 0 Å². The van der Waals surface area contributed by atoms with Gasteiger partial charge in [-0.25, -0.2) is 9.97 Å². The molecular formula is C18H28N4O2. The summed E-state index contributed by atoms with van der Waals surface area (Å²) in [4.78, 5) is 13.9. The van der Waals surface area contributed by atoms with Crippen LogP contribution >= 0.6 is 0 Å². The van der Waals surface area contributed by atoms with E-state index in [0.29, 0.717) is 6.04 Å². The zero-order chi connectivity index (χ0) is 16.6. The minimum absolute atomic E-state index is 0.215. The number of nitrogens with zero attached hydrogens (tertiary/aromatic N) is 4. The van der Waals surface area contributed by atoms with Crippen LogP contribution in [0.5, 0.6) is 0 Å². The number of fused-ring (bicyclic) bond motifs is 2. The first-order valence-corrected chi connectivity index (χ1v) is 9.17. The molecule has 6 nitrogen and oxygen atoms in total. The molecule has 132 valence electrons. The Morgan fingerprint density at radius 3 is 2.79 bits per heavy atom. The molecule has 0 saturated carbocycles. The molecule has 4 heterocycles. The lowest BCUT2D eigenvalue weighted by atomic mass is 9.82. The number of hydrogen-bond donors (Lipinski definition) is 0. The quantitative estimate of drug-likeness (QED) is 0.820. The monoisotopic (exact) mass is 332 g/mol. The van der Waals surface area contributed by atoms with Crippen LogP contribution in [0.1, 0.15) is 36.9 Å². The Labute approximate surface area is 144 Å². The molecule has 0 aliphatic carbocycles. The average Bonchev–Trinajstić information content (AvgIpc) is 2.63. The first-order chi connectivity index (χ1) is 11.7. The van der Waals surface area contributed by atoms with Crippen LogP contribution in [0.4, 0.5) is 5.95 Å². The molecule has 0 amide bonds. The fourth-order valence-corrected chi connectivity index (χ4v) is 4.26. The highest BCUT2D eigenvalue weighted by Crippen LogP contribution is 2.41. The molecule has 4 rings (SSSR count). The predicted octanol–water partition coefficient (Wildman–Crippen LogP) is 1.59. The van der Waals surface area contributed by atoms with E-state index in [4.69, 9.17) is 14.5 Å². The summed E-state index contributed by atoms with van der Waals surface area (Å²) in [6, 6.07) is 0.585. The second kappa shape index (κ2) is 6.58. The zero-order valence-corrected chi connectivity index (χ0v) is 14.8. The third kappa shape index (κ3) is 2.91. The fourth-order valence-electron chi connectivity index (χ4n) is 4.26. The van der Waals surface area contributed by atoms with Gasteiger partial charge in [0.15, 0.2) is 0 Å². The molecule has 0 aromatic carbocycles. The van der Waals surface area contributed by atoms with E-state index in [1.165, 1.54) is 18.4 Å². The van der Waals surface area contributed by atoms with Crippen molar-refractivity contribution in [3.05, 3.63) is 17.5 Å². The Balaban J connectivity index is 1.54. The van der Waals surface area contributed by atoms with Crippen LogP contribution in [-0.4, -0.2) is 67.9 Å². The number of hydrogen-bond acceptors (Lipinski definition) is 6. The minimum atomic E-state index is -0.215. The maximum Gasteiger partial charge on any atom is 0.225 e. The highest BCUT2D eigenvalue weighted by molar-refractivity contribution is 5.35. The van der Waals surface area contributed by atoms with Crippen molar-refractivity contribution in [3.63, 3.8) is 0 Å². The van der Waals surface area contributed by atoms with Crippen LogP contribution in [0.2, 0.25) is 0 Å². The predicted molar refractivity (Wildman–Crippen MR) is 92.3 cm³/mol. The fraction of sp³-hybridized carbons (Fsp3) is 0.778. The van der Waals surface area contributed by atoms with Crippen molar-refractivity contribution in [3.8, 4) is 0 Å². The van der Waals surface area contributed by atoms with Crippen molar-refractivity contribution in [2.45, 2.75) is 43.7 Å². The lowest BCUT2D eigenvalue weighted by Crippen LogP contribution is -2.51. The number of rotatable bonds is 2. The second-order valence-corrected chi connectivity index (χ2v) is 7.44. The Morgan fingerprint density at radius 2 is 2.08 bits per heavy atom. The molecule has 3 aliphatic rings. The van der Waals surface area contributed by atoms with Gasteiger partial charge in [-0.05, 0) is 37.7 Å². The van der Waals surface area contributed by atoms with Gasteiger partial charge in [-0.15, -0.1) is 0 Å². The zero-order valence-electron chi connectivity index (χ0n) is 14.8. The van der Waals surface area contributed by atoms with Crippen LogP contribution in [0.15, 0.2) is 6.20 Å². The summed E-state index contributed by atoms with van der Waals surface area (Å²) >= 11 is 0. The Hall–Kier alpha value is -1.24. The molecule has 0 bridgehead atoms. The summed E-state index contributed by atoms with van der Waals surface area (Å²) in [5.41, 5.74) is 2.18. The van der Waals surface area contributed by atoms with E-state index < -0.39 is 0 Å².